The molecule has 3 saturated carbocycles. The normalized spacial score (nSPS) is 47.6. The Balaban J connectivity index is 1.54. The van der Waals surface area contributed by atoms with Crippen LogP contribution in [0.5, 0.6) is 0 Å². The highest BCUT2D eigenvalue weighted by molar-refractivity contribution is 6.01. The molecule has 7 heteroatoms. The Morgan fingerprint density at radius 3 is 2.91 bits per heavy atom. The number of esters is 1. The SMILES string of the molecule is CCCC1O[C@@H]2CC3C4CCC5=CC(=O)C=C[C@]5(C)C4[C@@H](O)C[C@]3(C)[C@]2(C(=O)OCC#N)O1. The molecule has 0 aromatic heterocycles. The minimum Gasteiger partial charge on any atom is -0.448 e. The van der Waals surface area contributed by atoms with Gasteiger partial charge in [0.15, 0.2) is 24.3 Å². The second-order valence-corrected chi connectivity index (χ2v) is 10.9. The van der Waals surface area contributed by atoms with Crippen LogP contribution < -0.4 is 0 Å². The first kappa shape index (κ1) is 22.8. The summed E-state index contributed by atoms with van der Waals surface area (Å²) in [5.41, 5.74) is -1.29. The largest absolute Gasteiger partial charge is 0.448 e. The van der Waals surface area contributed by atoms with E-state index in [9.17, 15) is 14.7 Å². The van der Waals surface area contributed by atoms with Crippen LogP contribution in [0.4, 0.5) is 0 Å². The molecule has 0 aromatic carbocycles. The Morgan fingerprint density at radius 1 is 1.39 bits per heavy atom. The lowest BCUT2D eigenvalue weighted by Gasteiger charge is -2.59. The summed E-state index contributed by atoms with van der Waals surface area (Å²) in [4.78, 5) is 25.5. The predicted molar refractivity (Wildman–Crippen MR) is 117 cm³/mol. The van der Waals surface area contributed by atoms with E-state index in [4.69, 9.17) is 19.5 Å². The highest BCUT2D eigenvalue weighted by Crippen LogP contribution is 2.69. The van der Waals surface area contributed by atoms with Gasteiger partial charge in [-0.3, -0.25) is 4.79 Å². The van der Waals surface area contributed by atoms with Gasteiger partial charge in [-0.2, -0.15) is 5.26 Å². The minimum atomic E-state index is -1.32. The van der Waals surface area contributed by atoms with E-state index in [0.717, 1.165) is 24.8 Å². The summed E-state index contributed by atoms with van der Waals surface area (Å²) >= 11 is 0. The van der Waals surface area contributed by atoms with Crippen LogP contribution >= 0.6 is 0 Å². The molecule has 9 atom stereocenters. The Labute approximate surface area is 194 Å². The van der Waals surface area contributed by atoms with Crippen LogP contribution in [0.3, 0.4) is 0 Å². The van der Waals surface area contributed by atoms with Crippen molar-refractivity contribution in [2.75, 3.05) is 6.61 Å². The average Bonchev–Trinajstić information content (AvgIpc) is 3.25. The van der Waals surface area contributed by atoms with E-state index in [1.54, 1.807) is 12.2 Å². The predicted octanol–water partition coefficient (Wildman–Crippen LogP) is 3.22. The van der Waals surface area contributed by atoms with Crippen molar-refractivity contribution in [2.45, 2.75) is 83.4 Å². The number of carbonyl (C=O) groups excluding carboxylic acids is 2. The van der Waals surface area contributed by atoms with E-state index in [1.165, 1.54) is 0 Å². The van der Waals surface area contributed by atoms with Gasteiger partial charge in [0.25, 0.3) is 0 Å². The molecule has 1 aliphatic heterocycles. The third kappa shape index (κ3) is 2.97. The molecule has 1 heterocycles. The molecule has 1 N–H and O–H groups in total. The molecule has 5 rings (SSSR count). The number of allylic oxidation sites excluding steroid dienone is 4. The fourth-order valence-electron chi connectivity index (χ4n) is 8.06. The maximum atomic E-state index is 13.5. The molecule has 4 aliphatic carbocycles. The summed E-state index contributed by atoms with van der Waals surface area (Å²) in [6, 6.07) is 1.88. The van der Waals surface area contributed by atoms with Crippen molar-refractivity contribution in [2.24, 2.45) is 28.6 Å². The van der Waals surface area contributed by atoms with Gasteiger partial charge in [-0.15, -0.1) is 0 Å². The first-order chi connectivity index (χ1) is 15.7. The van der Waals surface area contributed by atoms with E-state index < -0.39 is 35.5 Å². The van der Waals surface area contributed by atoms with Gasteiger partial charge in [0.1, 0.15) is 12.2 Å². The lowest BCUT2D eigenvalue weighted by atomic mass is 9.46. The van der Waals surface area contributed by atoms with E-state index >= 15 is 0 Å². The number of ketones is 1. The molecule has 0 radical (unpaired) electrons. The number of fused-ring (bicyclic) bond motifs is 7. The van der Waals surface area contributed by atoms with Crippen molar-refractivity contribution in [3.8, 4) is 6.07 Å². The van der Waals surface area contributed by atoms with Gasteiger partial charge >= 0.3 is 5.97 Å². The summed E-state index contributed by atoms with van der Waals surface area (Å²) in [5.74, 6) is -0.333. The fraction of sp³-hybridized carbons (Fsp3) is 0.731. The smallest absolute Gasteiger partial charge is 0.342 e. The third-order valence-electron chi connectivity index (χ3n) is 9.38. The van der Waals surface area contributed by atoms with E-state index in [1.807, 2.05) is 26.0 Å². The van der Waals surface area contributed by atoms with Gasteiger partial charge in [0.2, 0.25) is 0 Å². The molecule has 0 aromatic rings. The summed E-state index contributed by atoms with van der Waals surface area (Å²) in [5, 5.41) is 20.6. The number of nitriles is 1. The molecular formula is C26H33NO6. The lowest BCUT2D eigenvalue weighted by molar-refractivity contribution is -0.214. The summed E-state index contributed by atoms with van der Waals surface area (Å²) in [7, 11) is 0. The van der Waals surface area contributed by atoms with Crippen molar-refractivity contribution in [1.29, 1.82) is 5.26 Å². The van der Waals surface area contributed by atoms with Gasteiger partial charge < -0.3 is 19.3 Å². The molecule has 1 saturated heterocycles. The first-order valence-corrected chi connectivity index (χ1v) is 12.2. The number of carbonyl (C=O) groups is 2. The van der Waals surface area contributed by atoms with Gasteiger partial charge in [-0.05, 0) is 56.1 Å². The Kier molecular flexibility index (Phi) is 5.35. The quantitative estimate of drug-likeness (QED) is 0.649. The molecular weight excluding hydrogens is 422 g/mol. The van der Waals surface area contributed by atoms with Crippen molar-refractivity contribution >= 4 is 11.8 Å². The highest BCUT2D eigenvalue weighted by Gasteiger charge is 2.77. The van der Waals surface area contributed by atoms with Gasteiger partial charge in [0.05, 0.1) is 6.10 Å². The number of rotatable bonds is 4. The number of ether oxygens (including phenoxy) is 3. The van der Waals surface area contributed by atoms with E-state index in [0.29, 0.717) is 19.3 Å². The topological polar surface area (TPSA) is 106 Å². The molecule has 4 unspecified atom stereocenters. The second-order valence-electron chi connectivity index (χ2n) is 10.9. The van der Waals surface area contributed by atoms with Crippen LogP contribution in [0, 0.1) is 39.9 Å². The van der Waals surface area contributed by atoms with Crippen molar-refractivity contribution in [3.63, 3.8) is 0 Å². The van der Waals surface area contributed by atoms with Crippen LogP contribution in [0.1, 0.15) is 59.3 Å². The number of aliphatic hydroxyl groups excluding tert-OH is 1. The van der Waals surface area contributed by atoms with Crippen LogP contribution in [-0.4, -0.2) is 47.6 Å². The Morgan fingerprint density at radius 2 is 2.18 bits per heavy atom. The molecule has 4 fully saturated rings. The van der Waals surface area contributed by atoms with Gasteiger partial charge in [-0.25, -0.2) is 4.79 Å². The van der Waals surface area contributed by atoms with Crippen molar-refractivity contribution < 1.29 is 28.9 Å². The zero-order chi connectivity index (χ0) is 23.6. The van der Waals surface area contributed by atoms with E-state index in [2.05, 4.69) is 6.92 Å². The number of hydrogen-bond acceptors (Lipinski definition) is 7. The molecule has 33 heavy (non-hydrogen) atoms. The van der Waals surface area contributed by atoms with Crippen LogP contribution in [0.15, 0.2) is 23.8 Å². The summed E-state index contributed by atoms with van der Waals surface area (Å²) in [6.07, 6.45) is 7.91. The minimum absolute atomic E-state index is 0.00872. The van der Waals surface area contributed by atoms with Crippen LogP contribution in [-0.2, 0) is 23.8 Å². The lowest BCUT2D eigenvalue weighted by Crippen LogP contribution is -2.63. The monoisotopic (exact) mass is 455 g/mol. The maximum Gasteiger partial charge on any atom is 0.342 e. The van der Waals surface area contributed by atoms with Crippen LogP contribution in [0.2, 0.25) is 0 Å². The van der Waals surface area contributed by atoms with Crippen molar-refractivity contribution in [3.05, 3.63) is 23.8 Å². The summed E-state index contributed by atoms with van der Waals surface area (Å²) in [6.45, 7) is 5.87. The molecule has 7 nitrogen and oxygen atoms in total. The average molecular weight is 456 g/mol. The summed E-state index contributed by atoms with van der Waals surface area (Å²) < 4.78 is 18.1. The molecule has 0 amide bonds. The Bertz CT molecular complexity index is 966. The zero-order valence-corrected chi connectivity index (χ0v) is 19.6. The third-order valence-corrected chi connectivity index (χ3v) is 9.38. The number of hydrogen-bond donors (Lipinski definition) is 1. The molecule has 0 bridgehead atoms. The van der Waals surface area contributed by atoms with Gasteiger partial charge in [0, 0.05) is 16.7 Å². The zero-order valence-electron chi connectivity index (χ0n) is 19.6. The van der Waals surface area contributed by atoms with E-state index in [-0.39, 0.29) is 35.6 Å². The second kappa shape index (κ2) is 7.76. The highest BCUT2D eigenvalue weighted by atomic mass is 16.8. The van der Waals surface area contributed by atoms with Crippen LogP contribution in [0.25, 0.3) is 0 Å². The van der Waals surface area contributed by atoms with Crippen molar-refractivity contribution in [1.82, 2.24) is 0 Å². The number of aliphatic hydroxyl groups is 1. The first-order valence-electron chi connectivity index (χ1n) is 12.2. The van der Waals surface area contributed by atoms with Gasteiger partial charge in [-0.1, -0.05) is 38.8 Å². The molecule has 0 spiro atoms. The maximum absolute atomic E-state index is 13.5. The molecule has 5 aliphatic rings. The number of nitrogens with zero attached hydrogens (tertiary/aromatic N) is 1. The standard InChI is InChI=1S/C26H33NO6/c1-4-5-21-32-20-13-18-17-7-6-15-12-16(28)8-9-24(15,2)22(17)19(29)14-25(18,3)26(20,33-21)23(30)31-11-10-27/h8-9,12,17-22,29H,4-7,11,13-14H2,1-3H3/t17?,18?,19-,20+,21?,22?,24-,25-,26-/m0/s1. The Hall–Kier alpha value is -2.01. The fourth-order valence-corrected chi connectivity index (χ4v) is 8.06. The molecule has 178 valence electrons.